The summed E-state index contributed by atoms with van der Waals surface area (Å²) >= 11 is 0. The highest BCUT2D eigenvalue weighted by molar-refractivity contribution is 6.07. The molecule has 1 aromatic heterocycles. The second-order valence-electron chi connectivity index (χ2n) is 6.83. The molecule has 0 aliphatic carbocycles. The number of aromatic nitrogens is 1. The molecule has 0 saturated heterocycles. The van der Waals surface area contributed by atoms with Gasteiger partial charge in [-0.05, 0) is 49.6 Å². The van der Waals surface area contributed by atoms with E-state index in [1.165, 1.54) is 11.1 Å². The molecule has 1 amide bonds. The van der Waals surface area contributed by atoms with Crippen molar-refractivity contribution in [1.82, 2.24) is 10.3 Å². The molecular formula is C23H26N2O. The molecule has 3 heteroatoms. The third kappa shape index (κ3) is 3.93. The topological polar surface area (TPSA) is 42.0 Å². The standard InChI is InChI=1S/C23H26N2O/c1-4-5-8-13-24-23(26)20-15-22(18-12-11-16(2)17(3)14-18)25-21-10-7-6-9-19(20)21/h6-7,9-12,14-15H,4-5,8,13H2,1-3H3,(H,24,26). The van der Waals surface area contributed by atoms with E-state index < -0.39 is 0 Å². The van der Waals surface area contributed by atoms with Gasteiger partial charge in [0.25, 0.3) is 5.91 Å². The number of rotatable bonds is 6. The van der Waals surface area contributed by atoms with E-state index in [9.17, 15) is 4.79 Å². The summed E-state index contributed by atoms with van der Waals surface area (Å²) in [6.45, 7) is 7.07. The first-order chi connectivity index (χ1) is 12.6. The molecule has 0 atom stereocenters. The Kier molecular flexibility index (Phi) is 5.67. The number of nitrogens with one attached hydrogen (secondary N) is 1. The summed E-state index contributed by atoms with van der Waals surface area (Å²) in [5.74, 6) is -0.0233. The Balaban J connectivity index is 2.01. The van der Waals surface area contributed by atoms with Crippen LogP contribution in [0, 0.1) is 13.8 Å². The van der Waals surface area contributed by atoms with Crippen LogP contribution < -0.4 is 5.32 Å². The smallest absolute Gasteiger partial charge is 0.252 e. The number of hydrogen-bond acceptors (Lipinski definition) is 2. The second kappa shape index (κ2) is 8.13. The number of hydrogen-bond donors (Lipinski definition) is 1. The van der Waals surface area contributed by atoms with E-state index in [4.69, 9.17) is 4.98 Å². The molecule has 1 heterocycles. The highest BCUT2D eigenvalue weighted by Crippen LogP contribution is 2.26. The third-order valence-electron chi connectivity index (χ3n) is 4.83. The summed E-state index contributed by atoms with van der Waals surface area (Å²) in [5, 5.41) is 3.95. The molecular weight excluding hydrogens is 320 g/mol. The minimum atomic E-state index is -0.0233. The third-order valence-corrected chi connectivity index (χ3v) is 4.83. The summed E-state index contributed by atoms with van der Waals surface area (Å²) in [5.41, 5.74) is 5.90. The number of nitrogens with zero attached hydrogens (tertiary/aromatic N) is 1. The lowest BCUT2D eigenvalue weighted by atomic mass is 10.0. The molecule has 26 heavy (non-hydrogen) atoms. The van der Waals surface area contributed by atoms with Gasteiger partial charge in [-0.1, -0.05) is 50.1 Å². The maximum absolute atomic E-state index is 12.8. The van der Waals surface area contributed by atoms with Gasteiger partial charge < -0.3 is 5.32 Å². The molecule has 0 unspecified atom stereocenters. The molecule has 0 radical (unpaired) electrons. The van der Waals surface area contributed by atoms with Crippen molar-refractivity contribution in [1.29, 1.82) is 0 Å². The average Bonchev–Trinajstić information content (AvgIpc) is 2.66. The van der Waals surface area contributed by atoms with Gasteiger partial charge in [-0.15, -0.1) is 0 Å². The van der Waals surface area contributed by atoms with Gasteiger partial charge in [0.1, 0.15) is 0 Å². The lowest BCUT2D eigenvalue weighted by Crippen LogP contribution is -2.24. The highest BCUT2D eigenvalue weighted by Gasteiger charge is 2.13. The summed E-state index contributed by atoms with van der Waals surface area (Å²) in [4.78, 5) is 17.6. The summed E-state index contributed by atoms with van der Waals surface area (Å²) in [6, 6.07) is 16.1. The molecule has 2 aromatic carbocycles. The number of pyridine rings is 1. The van der Waals surface area contributed by atoms with Crippen LogP contribution in [0.15, 0.2) is 48.5 Å². The largest absolute Gasteiger partial charge is 0.352 e. The Hall–Kier alpha value is -2.68. The van der Waals surface area contributed by atoms with E-state index in [1.54, 1.807) is 0 Å². The van der Waals surface area contributed by atoms with Gasteiger partial charge in [0.2, 0.25) is 0 Å². The first-order valence-electron chi connectivity index (χ1n) is 9.35. The molecule has 0 saturated carbocycles. The monoisotopic (exact) mass is 346 g/mol. The fraction of sp³-hybridized carbons (Fsp3) is 0.304. The van der Waals surface area contributed by atoms with Gasteiger partial charge in [-0.3, -0.25) is 4.79 Å². The minimum Gasteiger partial charge on any atom is -0.352 e. The van der Waals surface area contributed by atoms with Crippen LogP contribution >= 0.6 is 0 Å². The number of benzene rings is 2. The molecule has 3 rings (SSSR count). The lowest BCUT2D eigenvalue weighted by Gasteiger charge is -2.11. The number of para-hydroxylation sites is 1. The highest BCUT2D eigenvalue weighted by atomic mass is 16.1. The zero-order chi connectivity index (χ0) is 18.5. The molecule has 3 nitrogen and oxygen atoms in total. The molecule has 134 valence electrons. The minimum absolute atomic E-state index is 0.0233. The van der Waals surface area contributed by atoms with Gasteiger partial charge in [-0.2, -0.15) is 0 Å². The Morgan fingerprint density at radius 2 is 1.81 bits per heavy atom. The van der Waals surface area contributed by atoms with Gasteiger partial charge in [0.15, 0.2) is 0 Å². The summed E-state index contributed by atoms with van der Waals surface area (Å²) in [6.07, 6.45) is 3.28. The van der Waals surface area contributed by atoms with Crippen LogP contribution in [-0.4, -0.2) is 17.4 Å². The van der Waals surface area contributed by atoms with Crippen LogP contribution in [0.3, 0.4) is 0 Å². The van der Waals surface area contributed by atoms with Gasteiger partial charge in [0.05, 0.1) is 16.8 Å². The van der Waals surface area contributed by atoms with Gasteiger partial charge in [-0.25, -0.2) is 4.98 Å². The van der Waals surface area contributed by atoms with E-state index in [0.29, 0.717) is 12.1 Å². The van der Waals surface area contributed by atoms with Crippen LogP contribution in [0.25, 0.3) is 22.2 Å². The van der Waals surface area contributed by atoms with E-state index in [2.05, 4.69) is 44.3 Å². The maximum Gasteiger partial charge on any atom is 0.252 e. The van der Waals surface area contributed by atoms with Crippen molar-refractivity contribution in [3.8, 4) is 11.3 Å². The van der Waals surface area contributed by atoms with Crippen molar-refractivity contribution in [2.75, 3.05) is 6.54 Å². The van der Waals surface area contributed by atoms with E-state index in [0.717, 1.165) is 41.4 Å². The van der Waals surface area contributed by atoms with Crippen molar-refractivity contribution in [3.63, 3.8) is 0 Å². The van der Waals surface area contributed by atoms with Crippen molar-refractivity contribution in [3.05, 3.63) is 65.2 Å². The number of unbranched alkanes of at least 4 members (excludes halogenated alkanes) is 2. The Morgan fingerprint density at radius 1 is 1.00 bits per heavy atom. The fourth-order valence-electron chi connectivity index (χ4n) is 3.08. The van der Waals surface area contributed by atoms with Crippen molar-refractivity contribution >= 4 is 16.8 Å². The Labute approximate surface area is 155 Å². The van der Waals surface area contributed by atoms with Gasteiger partial charge >= 0.3 is 0 Å². The number of aryl methyl sites for hydroxylation is 2. The van der Waals surface area contributed by atoms with Crippen LogP contribution in [0.1, 0.15) is 47.7 Å². The first-order valence-corrected chi connectivity index (χ1v) is 9.35. The molecule has 0 bridgehead atoms. The molecule has 0 spiro atoms. The number of carbonyl (C=O) groups is 1. The fourth-order valence-corrected chi connectivity index (χ4v) is 3.08. The van der Waals surface area contributed by atoms with E-state index in [-0.39, 0.29) is 5.91 Å². The SMILES string of the molecule is CCCCCNC(=O)c1cc(-c2ccc(C)c(C)c2)nc2ccccc12. The predicted octanol–water partition coefficient (Wildman–Crippen LogP) is 5.44. The number of carbonyl (C=O) groups excluding carboxylic acids is 1. The summed E-state index contributed by atoms with van der Waals surface area (Å²) in [7, 11) is 0. The van der Waals surface area contributed by atoms with Crippen LogP contribution in [0.2, 0.25) is 0 Å². The second-order valence-corrected chi connectivity index (χ2v) is 6.83. The van der Waals surface area contributed by atoms with Gasteiger partial charge in [0, 0.05) is 17.5 Å². The summed E-state index contributed by atoms with van der Waals surface area (Å²) < 4.78 is 0. The van der Waals surface area contributed by atoms with Crippen LogP contribution in [-0.2, 0) is 0 Å². The molecule has 0 fully saturated rings. The quantitative estimate of drug-likeness (QED) is 0.604. The lowest BCUT2D eigenvalue weighted by molar-refractivity contribution is 0.0954. The molecule has 1 N–H and O–H groups in total. The van der Waals surface area contributed by atoms with Crippen molar-refractivity contribution < 1.29 is 4.79 Å². The number of amides is 1. The predicted molar refractivity (Wildman–Crippen MR) is 109 cm³/mol. The average molecular weight is 346 g/mol. The Morgan fingerprint density at radius 3 is 2.58 bits per heavy atom. The van der Waals surface area contributed by atoms with Crippen LogP contribution in [0.4, 0.5) is 0 Å². The van der Waals surface area contributed by atoms with Crippen LogP contribution in [0.5, 0.6) is 0 Å². The number of fused-ring (bicyclic) bond motifs is 1. The molecule has 0 aliphatic heterocycles. The zero-order valence-electron chi connectivity index (χ0n) is 15.8. The normalized spacial score (nSPS) is 10.9. The maximum atomic E-state index is 12.8. The zero-order valence-corrected chi connectivity index (χ0v) is 15.8. The van der Waals surface area contributed by atoms with Crippen molar-refractivity contribution in [2.24, 2.45) is 0 Å². The first kappa shape index (κ1) is 18.1. The molecule has 0 aliphatic rings. The Bertz CT molecular complexity index is 931. The molecule has 3 aromatic rings. The van der Waals surface area contributed by atoms with Crippen molar-refractivity contribution in [2.45, 2.75) is 40.0 Å². The van der Waals surface area contributed by atoms with E-state index >= 15 is 0 Å². The van der Waals surface area contributed by atoms with E-state index in [1.807, 2.05) is 30.3 Å².